The van der Waals surface area contributed by atoms with Gasteiger partial charge in [0.25, 0.3) is 0 Å². The van der Waals surface area contributed by atoms with Gasteiger partial charge < -0.3 is 42.3 Å². The zero-order valence-electron chi connectivity index (χ0n) is 31.2. The van der Waals surface area contributed by atoms with Gasteiger partial charge in [-0.2, -0.15) is 0 Å². The summed E-state index contributed by atoms with van der Waals surface area (Å²) in [5, 5.41) is 0. The van der Waals surface area contributed by atoms with Gasteiger partial charge in [0.05, 0.1) is 59.9 Å². The molecule has 0 bridgehead atoms. The maximum atomic E-state index is 11.0. The number of methoxy groups -OCH3 is 1. The maximum Gasteiger partial charge on any atom is 1.00 e. The van der Waals surface area contributed by atoms with Crippen LogP contribution in [0.1, 0.15) is 104 Å². The van der Waals surface area contributed by atoms with E-state index in [4.69, 9.17) is 33.2 Å². The van der Waals surface area contributed by atoms with Gasteiger partial charge in [0, 0.05) is 45.0 Å². The summed E-state index contributed by atoms with van der Waals surface area (Å²) in [6.45, 7) is 6.90. The van der Waals surface area contributed by atoms with Crippen molar-refractivity contribution >= 4 is 20.2 Å². The molecule has 0 aliphatic heterocycles. The van der Waals surface area contributed by atoms with Gasteiger partial charge in [0.2, 0.25) is 0 Å². The molecule has 0 aliphatic rings. The first-order valence-corrected chi connectivity index (χ1v) is 20.6. The minimum Gasteiger partial charge on any atom is -0.748 e. The van der Waals surface area contributed by atoms with Crippen molar-refractivity contribution in [1.29, 1.82) is 0 Å². The minimum absolute atomic E-state index is 0. The predicted molar refractivity (Wildman–Crippen MR) is 179 cm³/mol. The molecule has 0 aromatic heterocycles. The second-order valence-electron chi connectivity index (χ2n) is 11.8. The van der Waals surface area contributed by atoms with Gasteiger partial charge in [-0.1, -0.05) is 78.1 Å². The zero-order valence-corrected chi connectivity index (χ0v) is 36.9. The standard InChI is InChI=1S/C32H66O13S2.2Na/c1-4-6-8-10-12-14-18-40-25-31(43-20-16-22-46(33,34)35)28-42-27-30(24-39-3)45-29-32(44-21-17-23-47(36,37)38)26-41-19-15-13-11-9-7-5-2;;/h30-32H,4-29H2,1-3H3,(H,33,34,35)(H,36,37,38);;/q;2*+1/p-2. The predicted octanol–water partition coefficient (Wildman–Crippen LogP) is -1.56. The molecule has 13 nitrogen and oxygen atoms in total. The van der Waals surface area contributed by atoms with Gasteiger partial charge in [-0.15, -0.1) is 0 Å². The Kier molecular flexibility index (Phi) is 42.4. The molecule has 0 spiro atoms. The molecule has 3 unspecified atom stereocenters. The molecular weight excluding hydrogens is 702 g/mol. The van der Waals surface area contributed by atoms with Crippen LogP contribution in [-0.2, 0) is 53.4 Å². The summed E-state index contributed by atoms with van der Waals surface area (Å²) in [5.41, 5.74) is 0. The fourth-order valence-electron chi connectivity index (χ4n) is 4.56. The van der Waals surface area contributed by atoms with Crippen molar-refractivity contribution in [3.63, 3.8) is 0 Å². The molecule has 0 amide bonds. The van der Waals surface area contributed by atoms with Gasteiger partial charge in [-0.05, 0) is 25.7 Å². The third kappa shape index (κ3) is 42.1. The van der Waals surface area contributed by atoms with E-state index >= 15 is 0 Å². The van der Waals surface area contributed by atoms with Gasteiger partial charge >= 0.3 is 59.1 Å². The molecule has 17 heteroatoms. The van der Waals surface area contributed by atoms with Gasteiger partial charge in [-0.3, -0.25) is 0 Å². The fourth-order valence-corrected chi connectivity index (χ4v) is 5.51. The van der Waals surface area contributed by atoms with Crippen LogP contribution < -0.4 is 59.1 Å². The summed E-state index contributed by atoms with van der Waals surface area (Å²) < 4.78 is 106. The van der Waals surface area contributed by atoms with E-state index in [1.807, 2.05) is 0 Å². The summed E-state index contributed by atoms with van der Waals surface area (Å²) in [6.07, 6.45) is 12.4. The molecule has 49 heavy (non-hydrogen) atoms. The van der Waals surface area contributed by atoms with Crippen molar-refractivity contribution in [1.82, 2.24) is 0 Å². The van der Waals surface area contributed by atoms with Crippen LogP contribution in [0.4, 0.5) is 0 Å². The second-order valence-corrected chi connectivity index (χ2v) is 14.9. The van der Waals surface area contributed by atoms with E-state index in [-0.39, 0.29) is 125 Å². The first kappa shape index (κ1) is 54.9. The van der Waals surface area contributed by atoms with Crippen molar-refractivity contribution < 1.29 is 118 Å². The Hall–Kier alpha value is 1.54. The monoisotopic (exact) mass is 766 g/mol. The Bertz CT molecular complexity index is 899. The van der Waals surface area contributed by atoms with Crippen molar-refractivity contribution in [2.45, 2.75) is 122 Å². The van der Waals surface area contributed by atoms with Crippen LogP contribution in [0.5, 0.6) is 0 Å². The summed E-state index contributed by atoms with van der Waals surface area (Å²) in [7, 11) is -7.09. The number of unbranched alkanes of at least 4 members (excludes halogenated alkanes) is 10. The summed E-state index contributed by atoms with van der Waals surface area (Å²) in [6, 6.07) is 0. The third-order valence-electron chi connectivity index (χ3n) is 7.15. The van der Waals surface area contributed by atoms with Gasteiger partial charge in [0.1, 0.15) is 18.3 Å². The molecule has 0 aromatic rings. The smallest absolute Gasteiger partial charge is 0.748 e. The van der Waals surface area contributed by atoms with Gasteiger partial charge in [-0.25, -0.2) is 16.8 Å². The van der Waals surface area contributed by atoms with E-state index < -0.39 is 50.1 Å². The second kappa shape index (κ2) is 37.8. The van der Waals surface area contributed by atoms with E-state index in [1.165, 1.54) is 51.4 Å². The van der Waals surface area contributed by atoms with Crippen molar-refractivity contribution in [3.8, 4) is 0 Å². The van der Waals surface area contributed by atoms with E-state index in [9.17, 15) is 25.9 Å². The Morgan fingerprint density at radius 1 is 0.449 bits per heavy atom. The normalized spacial score (nSPS) is 13.8. The van der Waals surface area contributed by atoms with Crippen molar-refractivity contribution in [2.75, 3.05) is 84.7 Å². The van der Waals surface area contributed by atoms with Crippen LogP contribution in [0, 0.1) is 0 Å². The molecule has 0 saturated heterocycles. The molecule has 0 aliphatic carbocycles. The minimum atomic E-state index is -4.32. The van der Waals surface area contributed by atoms with E-state index in [1.54, 1.807) is 7.11 Å². The SMILES string of the molecule is CCCCCCCCOCC(COCC(COC)OCC(COCCCCCCCC)OCCCS(=O)(=O)[O-])OCCCS(=O)(=O)[O-].[Na+].[Na+]. The summed E-state index contributed by atoms with van der Waals surface area (Å²) in [4.78, 5) is 0. The third-order valence-corrected chi connectivity index (χ3v) is 8.73. The van der Waals surface area contributed by atoms with Crippen LogP contribution in [0.2, 0.25) is 0 Å². The molecule has 0 fully saturated rings. The molecule has 0 aromatic carbocycles. The average Bonchev–Trinajstić information content (AvgIpc) is 3.00. The molecule has 3 atom stereocenters. The molecule has 0 N–H and O–H groups in total. The molecule has 284 valence electrons. The van der Waals surface area contributed by atoms with E-state index in [0.29, 0.717) is 13.2 Å². The molecule has 0 heterocycles. The Morgan fingerprint density at radius 3 is 1.22 bits per heavy atom. The zero-order chi connectivity index (χ0) is 35.1. The molecule has 0 rings (SSSR count). The summed E-state index contributed by atoms with van der Waals surface area (Å²) in [5.74, 6) is -1.00. The largest absolute Gasteiger partial charge is 1.00 e. The van der Waals surface area contributed by atoms with Gasteiger partial charge in [0.15, 0.2) is 0 Å². The summed E-state index contributed by atoms with van der Waals surface area (Å²) >= 11 is 0. The molecule has 0 saturated carbocycles. The maximum absolute atomic E-state index is 11.0. The molecule has 0 radical (unpaired) electrons. The number of ether oxygens (including phenoxy) is 7. The molecular formula is C32H64Na2O13S2. The number of hydrogen-bond donors (Lipinski definition) is 0. The van der Waals surface area contributed by atoms with Crippen molar-refractivity contribution in [3.05, 3.63) is 0 Å². The van der Waals surface area contributed by atoms with Crippen LogP contribution in [-0.4, -0.2) is 129 Å². The first-order chi connectivity index (χ1) is 22.5. The van der Waals surface area contributed by atoms with Crippen LogP contribution >= 0.6 is 0 Å². The Balaban J connectivity index is -0.0000106. The number of rotatable bonds is 37. The van der Waals surface area contributed by atoms with Crippen LogP contribution in [0.25, 0.3) is 0 Å². The quantitative estimate of drug-likeness (QED) is 0.0403. The topological polar surface area (TPSA) is 179 Å². The first-order valence-electron chi connectivity index (χ1n) is 17.4. The average molecular weight is 767 g/mol. The van der Waals surface area contributed by atoms with E-state index in [2.05, 4.69) is 13.8 Å². The Labute approximate surface area is 342 Å². The fraction of sp³-hybridized carbons (Fsp3) is 1.00. The number of hydrogen-bond acceptors (Lipinski definition) is 13. The Morgan fingerprint density at radius 2 is 0.816 bits per heavy atom. The van der Waals surface area contributed by atoms with E-state index in [0.717, 1.165) is 25.7 Å². The van der Waals surface area contributed by atoms with Crippen LogP contribution in [0.3, 0.4) is 0 Å². The van der Waals surface area contributed by atoms with Crippen molar-refractivity contribution in [2.24, 2.45) is 0 Å². The van der Waals surface area contributed by atoms with Crippen LogP contribution in [0.15, 0.2) is 0 Å².